The van der Waals surface area contributed by atoms with Crippen LogP contribution in [0.1, 0.15) is 24.0 Å². The van der Waals surface area contributed by atoms with Crippen LogP contribution in [-0.2, 0) is 16.0 Å². The molecular formula is C19H17BrN4O2. The van der Waals surface area contributed by atoms with Crippen molar-refractivity contribution in [2.24, 2.45) is 0 Å². The number of hydrogen-bond donors (Lipinski definition) is 1. The van der Waals surface area contributed by atoms with Crippen LogP contribution in [0, 0.1) is 11.3 Å². The number of amides is 2. The lowest BCUT2D eigenvalue weighted by Crippen LogP contribution is -2.43. The average molecular weight is 413 g/mol. The number of nitrogens with one attached hydrogen (secondary N) is 1. The average Bonchev–Trinajstić information content (AvgIpc) is 3.12. The lowest BCUT2D eigenvalue weighted by atomic mass is 10.1. The van der Waals surface area contributed by atoms with Crippen LogP contribution in [0.3, 0.4) is 0 Å². The van der Waals surface area contributed by atoms with Crippen LogP contribution < -0.4 is 5.32 Å². The molecule has 1 aliphatic rings. The molecule has 0 saturated carbocycles. The largest absolute Gasteiger partial charge is 0.330 e. The first kappa shape index (κ1) is 18.1. The van der Waals surface area contributed by atoms with E-state index < -0.39 is 6.04 Å². The van der Waals surface area contributed by atoms with Gasteiger partial charge in [0.2, 0.25) is 11.8 Å². The predicted octanol–water partition coefficient (Wildman–Crippen LogP) is 2.89. The molecule has 132 valence electrons. The Bertz CT molecular complexity index is 878. The van der Waals surface area contributed by atoms with Crippen LogP contribution in [0.25, 0.3) is 0 Å². The van der Waals surface area contributed by atoms with Crippen molar-refractivity contribution in [1.82, 2.24) is 9.88 Å². The Kier molecular flexibility index (Phi) is 5.64. The van der Waals surface area contributed by atoms with E-state index in [1.165, 1.54) is 0 Å². The first-order chi connectivity index (χ1) is 12.6. The van der Waals surface area contributed by atoms with Crippen molar-refractivity contribution in [3.05, 3.63) is 58.2 Å². The number of hydrogen-bond acceptors (Lipinski definition) is 4. The zero-order chi connectivity index (χ0) is 18.5. The highest BCUT2D eigenvalue weighted by Crippen LogP contribution is 2.21. The number of likely N-dealkylation sites (tertiary alicyclic amines) is 1. The second-order valence-electron chi connectivity index (χ2n) is 6.07. The number of halogens is 1. The smallest absolute Gasteiger partial charge is 0.248 e. The molecule has 1 N–H and O–H groups in total. The van der Waals surface area contributed by atoms with Crippen molar-refractivity contribution in [3.8, 4) is 6.07 Å². The van der Waals surface area contributed by atoms with Gasteiger partial charge in [-0.25, -0.2) is 4.98 Å². The van der Waals surface area contributed by atoms with E-state index in [0.29, 0.717) is 29.0 Å². The van der Waals surface area contributed by atoms with Crippen LogP contribution in [0.15, 0.2) is 47.1 Å². The third-order valence-corrected chi connectivity index (χ3v) is 4.70. The Morgan fingerprint density at radius 3 is 2.88 bits per heavy atom. The molecule has 0 aliphatic carbocycles. The summed E-state index contributed by atoms with van der Waals surface area (Å²) in [7, 11) is 0. The van der Waals surface area contributed by atoms with Crippen LogP contribution in [0.4, 0.5) is 5.82 Å². The highest BCUT2D eigenvalue weighted by molar-refractivity contribution is 9.10. The van der Waals surface area contributed by atoms with E-state index in [0.717, 1.165) is 12.0 Å². The Hall–Kier alpha value is -2.72. The van der Waals surface area contributed by atoms with Crippen molar-refractivity contribution in [2.75, 3.05) is 11.9 Å². The summed E-state index contributed by atoms with van der Waals surface area (Å²) in [5.74, 6) is 0.109. The molecule has 1 aromatic heterocycles. The molecule has 1 fully saturated rings. The van der Waals surface area contributed by atoms with E-state index >= 15 is 0 Å². The number of benzene rings is 1. The standard InChI is InChI=1S/C19H17BrN4O2/c20-16-7-2-8-17(22-16)23-19(26)15-6-3-9-24(15)18(25)11-13-4-1-5-14(10-13)12-21/h1-2,4-5,7-8,10,15H,3,6,9,11H2,(H,22,23,26)/t15-/m0/s1. The Balaban J connectivity index is 1.67. The summed E-state index contributed by atoms with van der Waals surface area (Å²) in [5.41, 5.74) is 1.29. The summed E-state index contributed by atoms with van der Waals surface area (Å²) in [6.07, 6.45) is 1.59. The molecule has 0 spiro atoms. The topological polar surface area (TPSA) is 86.1 Å². The third-order valence-electron chi connectivity index (χ3n) is 4.25. The van der Waals surface area contributed by atoms with Gasteiger partial charge in [-0.3, -0.25) is 9.59 Å². The van der Waals surface area contributed by atoms with Crippen LogP contribution in [0.5, 0.6) is 0 Å². The summed E-state index contributed by atoms with van der Waals surface area (Å²) in [5, 5.41) is 11.7. The van der Waals surface area contributed by atoms with Gasteiger partial charge in [-0.2, -0.15) is 5.26 Å². The van der Waals surface area contributed by atoms with Crippen LogP contribution in [-0.4, -0.2) is 34.3 Å². The minimum atomic E-state index is -0.498. The second kappa shape index (κ2) is 8.11. The number of carbonyl (C=O) groups is 2. The maximum Gasteiger partial charge on any atom is 0.248 e. The monoisotopic (exact) mass is 412 g/mol. The lowest BCUT2D eigenvalue weighted by molar-refractivity contribution is -0.136. The number of carbonyl (C=O) groups excluding carboxylic acids is 2. The summed E-state index contributed by atoms with van der Waals surface area (Å²) in [6.45, 7) is 0.556. The fraction of sp³-hybridized carbons (Fsp3) is 0.263. The summed E-state index contributed by atoms with van der Waals surface area (Å²) >= 11 is 3.27. The zero-order valence-corrected chi connectivity index (χ0v) is 15.6. The number of rotatable bonds is 4. The normalized spacial score (nSPS) is 16.2. The molecule has 1 atom stereocenters. The van der Waals surface area contributed by atoms with Gasteiger partial charge in [-0.1, -0.05) is 18.2 Å². The van der Waals surface area contributed by atoms with Crippen LogP contribution in [0.2, 0.25) is 0 Å². The summed E-state index contributed by atoms with van der Waals surface area (Å²) in [6, 6.07) is 13.8. The molecule has 1 aromatic carbocycles. The molecular weight excluding hydrogens is 396 g/mol. The van der Waals surface area contributed by atoms with Gasteiger partial charge in [-0.05, 0) is 58.6 Å². The van der Waals surface area contributed by atoms with Gasteiger partial charge < -0.3 is 10.2 Å². The van der Waals surface area contributed by atoms with E-state index in [-0.39, 0.29) is 18.2 Å². The number of nitriles is 1. The quantitative estimate of drug-likeness (QED) is 0.782. The van der Waals surface area contributed by atoms with E-state index in [4.69, 9.17) is 5.26 Å². The number of pyridine rings is 1. The first-order valence-corrected chi connectivity index (χ1v) is 9.08. The number of nitrogens with zero attached hydrogens (tertiary/aromatic N) is 3. The molecule has 0 radical (unpaired) electrons. The molecule has 0 bridgehead atoms. The summed E-state index contributed by atoms with van der Waals surface area (Å²) < 4.78 is 0.632. The van der Waals surface area contributed by atoms with Crippen molar-refractivity contribution >= 4 is 33.6 Å². The zero-order valence-electron chi connectivity index (χ0n) is 14.0. The highest BCUT2D eigenvalue weighted by Gasteiger charge is 2.34. The van der Waals surface area contributed by atoms with E-state index in [9.17, 15) is 9.59 Å². The molecule has 6 nitrogen and oxygen atoms in total. The van der Waals surface area contributed by atoms with Crippen molar-refractivity contribution in [1.29, 1.82) is 5.26 Å². The minimum Gasteiger partial charge on any atom is -0.330 e. The molecule has 7 heteroatoms. The molecule has 1 aliphatic heterocycles. The maximum absolute atomic E-state index is 12.7. The fourth-order valence-corrected chi connectivity index (χ4v) is 3.40. The molecule has 2 amide bonds. The van der Waals surface area contributed by atoms with Crippen LogP contribution >= 0.6 is 15.9 Å². The Morgan fingerprint density at radius 1 is 1.31 bits per heavy atom. The van der Waals surface area contributed by atoms with E-state index in [2.05, 4.69) is 32.3 Å². The molecule has 3 rings (SSSR count). The van der Waals surface area contributed by atoms with Crippen molar-refractivity contribution < 1.29 is 9.59 Å². The van der Waals surface area contributed by atoms with Gasteiger partial charge in [0.15, 0.2) is 0 Å². The van der Waals surface area contributed by atoms with Gasteiger partial charge in [0.1, 0.15) is 16.5 Å². The van der Waals surface area contributed by atoms with Gasteiger partial charge >= 0.3 is 0 Å². The molecule has 2 heterocycles. The maximum atomic E-state index is 12.7. The molecule has 0 unspecified atom stereocenters. The second-order valence-corrected chi connectivity index (χ2v) is 6.88. The summed E-state index contributed by atoms with van der Waals surface area (Å²) in [4.78, 5) is 31.1. The number of aromatic nitrogens is 1. The fourth-order valence-electron chi connectivity index (χ4n) is 3.05. The third kappa shape index (κ3) is 4.27. The highest BCUT2D eigenvalue weighted by atomic mass is 79.9. The number of anilines is 1. The Labute approximate surface area is 160 Å². The minimum absolute atomic E-state index is 0.111. The van der Waals surface area contributed by atoms with Crippen molar-refractivity contribution in [2.45, 2.75) is 25.3 Å². The molecule has 26 heavy (non-hydrogen) atoms. The molecule has 2 aromatic rings. The lowest BCUT2D eigenvalue weighted by Gasteiger charge is -2.24. The van der Waals surface area contributed by atoms with Gasteiger partial charge in [0.25, 0.3) is 0 Å². The SMILES string of the molecule is N#Cc1cccc(CC(=O)N2CCC[C@H]2C(=O)Nc2cccc(Br)n2)c1. The van der Waals surface area contributed by atoms with E-state index in [1.807, 2.05) is 6.07 Å². The molecule has 1 saturated heterocycles. The first-order valence-electron chi connectivity index (χ1n) is 8.29. The van der Waals surface area contributed by atoms with Gasteiger partial charge in [-0.15, -0.1) is 0 Å². The van der Waals surface area contributed by atoms with Gasteiger partial charge in [0.05, 0.1) is 18.1 Å². The Morgan fingerprint density at radius 2 is 2.12 bits per heavy atom. The predicted molar refractivity (Wildman–Crippen MR) is 100 cm³/mol. The van der Waals surface area contributed by atoms with Crippen molar-refractivity contribution in [3.63, 3.8) is 0 Å². The van der Waals surface area contributed by atoms with Gasteiger partial charge in [0, 0.05) is 6.54 Å². The van der Waals surface area contributed by atoms with E-state index in [1.54, 1.807) is 41.3 Å².